The Balaban J connectivity index is 1.65. The summed E-state index contributed by atoms with van der Waals surface area (Å²) in [5, 5.41) is 9.04. The topological polar surface area (TPSA) is 125 Å². The van der Waals surface area contributed by atoms with Crippen molar-refractivity contribution in [1.82, 2.24) is 16.0 Å². The molecular weight excluding hydrogens is 583 g/mol. The van der Waals surface area contributed by atoms with E-state index in [4.69, 9.17) is 0 Å². The monoisotopic (exact) mass is 622 g/mol. The first kappa shape index (κ1) is 32.8. The molecule has 3 aromatic rings. The molecule has 0 aliphatic carbocycles. The molecule has 0 saturated carbocycles. The van der Waals surface area contributed by atoms with E-state index in [9.17, 15) is 27.2 Å². The molecule has 0 aromatic heterocycles. The Morgan fingerprint density at radius 1 is 0.977 bits per heavy atom. The lowest BCUT2D eigenvalue weighted by atomic mass is 9.96. The van der Waals surface area contributed by atoms with Crippen molar-refractivity contribution in [3.63, 3.8) is 0 Å². The molecule has 234 valence electrons. The van der Waals surface area contributed by atoms with Gasteiger partial charge in [0.1, 0.15) is 5.82 Å². The van der Waals surface area contributed by atoms with Crippen molar-refractivity contribution >= 4 is 33.3 Å². The van der Waals surface area contributed by atoms with Crippen LogP contribution in [0.15, 0.2) is 72.8 Å². The van der Waals surface area contributed by atoms with Gasteiger partial charge in [0.05, 0.1) is 30.1 Å². The second kappa shape index (κ2) is 13.3. The fraction of sp³-hybridized carbons (Fsp3) is 0.364. The van der Waals surface area contributed by atoms with Crippen LogP contribution in [0, 0.1) is 5.82 Å². The maximum atomic E-state index is 13.7. The summed E-state index contributed by atoms with van der Waals surface area (Å²) in [4.78, 5) is 40.8. The van der Waals surface area contributed by atoms with Crippen molar-refractivity contribution in [3.05, 3.63) is 101 Å². The Morgan fingerprint density at radius 2 is 1.57 bits per heavy atom. The zero-order valence-corrected chi connectivity index (χ0v) is 26.4. The Hall–Kier alpha value is -4.09. The summed E-state index contributed by atoms with van der Waals surface area (Å²) in [6.45, 7) is 5.78. The van der Waals surface area contributed by atoms with Crippen LogP contribution in [0.25, 0.3) is 0 Å². The van der Waals surface area contributed by atoms with Crippen LogP contribution in [-0.4, -0.2) is 56.9 Å². The van der Waals surface area contributed by atoms with Crippen LogP contribution in [0.4, 0.5) is 10.1 Å². The van der Waals surface area contributed by atoms with Crippen molar-refractivity contribution < 1.29 is 27.2 Å². The number of nitrogens with one attached hydrogen (secondary N) is 3. The van der Waals surface area contributed by atoms with Crippen molar-refractivity contribution in [2.75, 3.05) is 17.6 Å². The van der Waals surface area contributed by atoms with E-state index < -0.39 is 45.8 Å². The average molecular weight is 623 g/mol. The van der Waals surface area contributed by atoms with Crippen molar-refractivity contribution in [2.24, 2.45) is 0 Å². The number of anilines is 1. The van der Waals surface area contributed by atoms with E-state index in [1.807, 2.05) is 44.2 Å². The molecule has 0 bridgehead atoms. The van der Waals surface area contributed by atoms with E-state index in [2.05, 4.69) is 16.0 Å². The minimum atomic E-state index is -3.74. The predicted octanol–water partition coefficient (Wildman–Crippen LogP) is 4.15. The molecule has 1 aliphatic heterocycles. The first-order valence-corrected chi connectivity index (χ1v) is 16.3. The fourth-order valence-corrected chi connectivity index (χ4v) is 5.74. The lowest BCUT2D eigenvalue weighted by Crippen LogP contribution is -2.51. The van der Waals surface area contributed by atoms with E-state index in [0.717, 1.165) is 22.5 Å². The summed E-state index contributed by atoms with van der Waals surface area (Å²) in [5.41, 5.74) is 1.48. The van der Waals surface area contributed by atoms with Gasteiger partial charge in [-0.3, -0.25) is 18.7 Å². The Labute approximate surface area is 258 Å². The lowest BCUT2D eigenvalue weighted by Gasteiger charge is -2.24. The highest BCUT2D eigenvalue weighted by Crippen LogP contribution is 2.25. The molecule has 0 radical (unpaired) electrons. The normalized spacial score (nSPS) is 17.4. The highest BCUT2D eigenvalue weighted by atomic mass is 32.2. The first-order valence-electron chi connectivity index (χ1n) is 14.4. The van der Waals surface area contributed by atoms with E-state index in [-0.39, 0.29) is 34.6 Å². The third kappa shape index (κ3) is 8.29. The number of nitrogens with zero attached hydrogens (tertiary/aromatic N) is 1. The molecule has 11 heteroatoms. The Morgan fingerprint density at radius 3 is 2.11 bits per heavy atom. The zero-order chi connectivity index (χ0) is 32.2. The van der Waals surface area contributed by atoms with Crippen molar-refractivity contribution in [3.8, 4) is 0 Å². The van der Waals surface area contributed by atoms with Crippen molar-refractivity contribution in [2.45, 2.75) is 63.7 Å². The van der Waals surface area contributed by atoms with Crippen LogP contribution < -0.4 is 20.3 Å². The van der Waals surface area contributed by atoms with E-state index >= 15 is 0 Å². The molecule has 2 amide bonds. The molecule has 4 rings (SSSR count). The third-order valence-corrected chi connectivity index (χ3v) is 9.12. The van der Waals surface area contributed by atoms with Gasteiger partial charge in [-0.15, -0.1) is 0 Å². The number of hydrogen-bond donors (Lipinski definition) is 3. The van der Waals surface area contributed by atoms with Gasteiger partial charge in [0.15, 0.2) is 5.78 Å². The Bertz CT molecular complexity index is 1630. The number of Topliss-reactive ketones (excluding diaryl/α,β-unsaturated/α-hetero) is 1. The lowest BCUT2D eigenvalue weighted by molar-refractivity contribution is -0.122. The number of carbonyl (C=O) groups excluding carboxylic acids is 3. The average Bonchev–Trinajstić information content (AvgIpc) is 3.35. The zero-order valence-electron chi connectivity index (χ0n) is 25.6. The number of hydrogen-bond acceptors (Lipinski definition) is 6. The van der Waals surface area contributed by atoms with Crippen molar-refractivity contribution in [1.29, 1.82) is 0 Å². The molecule has 0 unspecified atom stereocenters. The fourth-order valence-electron chi connectivity index (χ4n) is 5.25. The molecule has 0 spiro atoms. The maximum absolute atomic E-state index is 13.7. The molecule has 1 heterocycles. The van der Waals surface area contributed by atoms with Gasteiger partial charge >= 0.3 is 0 Å². The van der Waals surface area contributed by atoms with E-state index in [0.29, 0.717) is 12.0 Å². The summed E-state index contributed by atoms with van der Waals surface area (Å²) in [5.74, 6) is -1.74. The molecule has 9 nitrogen and oxygen atoms in total. The standard InChI is InChI=1S/C33H39FN4O5S/c1-21(23-11-13-26(34)14-12-23)35-31(40)24-18-25(20-27(19-24)38(4)44(5,42)43)32(41)36-29(17-22-9-7-6-8-10-22)30(39)28-15-16-33(2,3)37-28/h6-14,18-21,28-29,37H,15-17H2,1-5H3,(H,35,40)(H,36,41)/t21-,28-,29+/m1/s1. The Kier molecular flexibility index (Phi) is 9.90. The van der Waals surface area contributed by atoms with Gasteiger partial charge in [-0.05, 0) is 81.5 Å². The number of carbonyl (C=O) groups is 3. The maximum Gasteiger partial charge on any atom is 0.251 e. The van der Waals surface area contributed by atoms with Gasteiger partial charge in [0.25, 0.3) is 11.8 Å². The van der Waals surface area contributed by atoms with Crippen LogP contribution in [-0.2, 0) is 21.2 Å². The summed E-state index contributed by atoms with van der Waals surface area (Å²) in [7, 11) is -2.41. The second-order valence-electron chi connectivity index (χ2n) is 12.0. The summed E-state index contributed by atoms with van der Waals surface area (Å²) >= 11 is 0. The number of amides is 2. The van der Waals surface area contributed by atoms with E-state index in [1.165, 1.54) is 37.4 Å². The van der Waals surface area contributed by atoms with Gasteiger partial charge in [-0.2, -0.15) is 0 Å². The van der Waals surface area contributed by atoms with Gasteiger partial charge in [0, 0.05) is 23.7 Å². The molecular formula is C33H39FN4O5S. The van der Waals surface area contributed by atoms with Gasteiger partial charge in [-0.25, -0.2) is 12.8 Å². The van der Waals surface area contributed by atoms with Crippen LogP contribution in [0.3, 0.4) is 0 Å². The molecule has 44 heavy (non-hydrogen) atoms. The summed E-state index contributed by atoms with van der Waals surface area (Å²) in [6, 6.07) is 17.3. The number of halogens is 1. The molecule has 3 aromatic carbocycles. The molecule has 3 atom stereocenters. The summed E-state index contributed by atoms with van der Waals surface area (Å²) in [6.07, 6.45) is 2.72. The minimum absolute atomic E-state index is 0.0168. The SMILES string of the molecule is C[C@@H](NC(=O)c1cc(C(=O)N[C@@H](Cc2ccccc2)C(=O)[C@H]2CCC(C)(C)N2)cc(N(C)S(C)(=O)=O)c1)c1ccc(F)cc1. The molecule has 1 aliphatic rings. The highest BCUT2D eigenvalue weighted by molar-refractivity contribution is 7.92. The van der Waals surface area contributed by atoms with Crippen LogP contribution in [0.2, 0.25) is 0 Å². The molecule has 3 N–H and O–H groups in total. The van der Waals surface area contributed by atoms with Crippen LogP contribution in [0.5, 0.6) is 0 Å². The number of ketones is 1. The van der Waals surface area contributed by atoms with Crippen LogP contribution >= 0.6 is 0 Å². The highest BCUT2D eigenvalue weighted by Gasteiger charge is 2.37. The number of sulfonamides is 1. The van der Waals surface area contributed by atoms with Gasteiger partial charge < -0.3 is 16.0 Å². The molecule has 1 fully saturated rings. The van der Waals surface area contributed by atoms with Gasteiger partial charge in [0.2, 0.25) is 10.0 Å². The quantitative estimate of drug-likeness (QED) is 0.295. The third-order valence-electron chi connectivity index (χ3n) is 7.92. The molecule has 1 saturated heterocycles. The number of rotatable bonds is 11. The van der Waals surface area contributed by atoms with E-state index in [1.54, 1.807) is 19.1 Å². The summed E-state index contributed by atoms with van der Waals surface area (Å²) < 4.78 is 39.2. The second-order valence-corrected chi connectivity index (χ2v) is 14.0. The largest absolute Gasteiger partial charge is 0.346 e. The smallest absolute Gasteiger partial charge is 0.251 e. The minimum Gasteiger partial charge on any atom is -0.346 e. The number of benzene rings is 3. The van der Waals surface area contributed by atoms with Crippen LogP contribution in [0.1, 0.15) is 71.5 Å². The first-order chi connectivity index (χ1) is 20.6. The van der Waals surface area contributed by atoms with Gasteiger partial charge in [-0.1, -0.05) is 42.5 Å². The predicted molar refractivity (Wildman–Crippen MR) is 169 cm³/mol.